The SMILES string of the molecule is C#CCCCCNCc1cn(CCO)nn1. The Morgan fingerprint density at radius 2 is 2.38 bits per heavy atom. The van der Waals surface area contributed by atoms with Crippen LogP contribution in [0, 0.1) is 12.3 Å². The molecule has 0 aliphatic heterocycles. The van der Waals surface area contributed by atoms with Gasteiger partial charge in [-0.1, -0.05) is 5.21 Å². The minimum absolute atomic E-state index is 0.0856. The first-order chi connectivity index (χ1) is 7.86. The van der Waals surface area contributed by atoms with Gasteiger partial charge in [-0.2, -0.15) is 0 Å². The van der Waals surface area contributed by atoms with E-state index in [1.165, 1.54) is 0 Å². The monoisotopic (exact) mass is 222 g/mol. The topological polar surface area (TPSA) is 63.0 Å². The summed E-state index contributed by atoms with van der Waals surface area (Å²) in [6, 6.07) is 0. The molecule has 0 aliphatic rings. The van der Waals surface area contributed by atoms with Crippen molar-refractivity contribution in [3.05, 3.63) is 11.9 Å². The molecule has 0 atom stereocenters. The number of hydrogen-bond acceptors (Lipinski definition) is 4. The van der Waals surface area contributed by atoms with Gasteiger partial charge in [0.25, 0.3) is 0 Å². The van der Waals surface area contributed by atoms with Crippen molar-refractivity contribution < 1.29 is 5.11 Å². The van der Waals surface area contributed by atoms with Gasteiger partial charge in [-0.15, -0.1) is 17.4 Å². The van der Waals surface area contributed by atoms with E-state index < -0.39 is 0 Å². The van der Waals surface area contributed by atoms with Crippen LogP contribution in [0.3, 0.4) is 0 Å². The highest BCUT2D eigenvalue weighted by atomic mass is 16.3. The van der Waals surface area contributed by atoms with Gasteiger partial charge in [-0.05, 0) is 19.4 Å². The summed E-state index contributed by atoms with van der Waals surface area (Å²) in [6.07, 6.45) is 9.97. The average Bonchev–Trinajstić information content (AvgIpc) is 2.72. The Labute approximate surface area is 95.9 Å². The fourth-order valence-electron chi connectivity index (χ4n) is 1.32. The number of terminal acetylenes is 1. The van der Waals surface area contributed by atoms with Crippen molar-refractivity contribution in [3.63, 3.8) is 0 Å². The van der Waals surface area contributed by atoms with E-state index in [-0.39, 0.29) is 6.61 Å². The number of nitrogens with zero attached hydrogens (tertiary/aromatic N) is 3. The van der Waals surface area contributed by atoms with E-state index in [4.69, 9.17) is 11.5 Å². The first-order valence-electron chi connectivity index (χ1n) is 5.51. The minimum Gasteiger partial charge on any atom is -0.394 e. The van der Waals surface area contributed by atoms with Crippen molar-refractivity contribution >= 4 is 0 Å². The molecule has 0 bridgehead atoms. The lowest BCUT2D eigenvalue weighted by Gasteiger charge is -2.00. The molecule has 1 heterocycles. The maximum Gasteiger partial charge on any atom is 0.0964 e. The lowest BCUT2D eigenvalue weighted by atomic mass is 10.2. The van der Waals surface area contributed by atoms with Gasteiger partial charge in [0.15, 0.2) is 0 Å². The molecule has 1 aromatic rings. The van der Waals surface area contributed by atoms with E-state index in [1.54, 1.807) is 4.68 Å². The molecule has 5 nitrogen and oxygen atoms in total. The van der Waals surface area contributed by atoms with Crippen LogP contribution in [0.5, 0.6) is 0 Å². The van der Waals surface area contributed by atoms with E-state index in [0.717, 1.165) is 31.5 Å². The molecular formula is C11H18N4O. The zero-order valence-corrected chi connectivity index (χ0v) is 9.39. The van der Waals surface area contributed by atoms with Crippen LogP contribution in [0.25, 0.3) is 0 Å². The molecule has 0 saturated heterocycles. The molecule has 2 N–H and O–H groups in total. The number of unbranched alkanes of at least 4 members (excludes halogenated alkanes) is 2. The molecule has 0 saturated carbocycles. The number of nitrogens with one attached hydrogen (secondary N) is 1. The van der Waals surface area contributed by atoms with Crippen LogP contribution in [0.2, 0.25) is 0 Å². The number of hydrogen-bond donors (Lipinski definition) is 2. The standard InChI is InChI=1S/C11H18N4O/c1-2-3-4-5-6-12-9-11-10-15(7-8-16)14-13-11/h1,10,12,16H,3-9H2. The lowest BCUT2D eigenvalue weighted by molar-refractivity contribution is 0.268. The molecule has 1 aromatic heterocycles. The second kappa shape index (κ2) is 7.85. The van der Waals surface area contributed by atoms with Crippen molar-refractivity contribution in [3.8, 4) is 12.3 Å². The van der Waals surface area contributed by atoms with E-state index in [9.17, 15) is 0 Å². The predicted octanol–water partition coefficient (Wildman–Crippen LogP) is 0.163. The summed E-state index contributed by atoms with van der Waals surface area (Å²) in [5.41, 5.74) is 0.894. The summed E-state index contributed by atoms with van der Waals surface area (Å²) in [5.74, 6) is 2.62. The molecule has 1 rings (SSSR count). The summed E-state index contributed by atoms with van der Waals surface area (Å²) < 4.78 is 1.63. The van der Waals surface area contributed by atoms with Crippen LogP contribution >= 0.6 is 0 Å². The Kier molecular flexibility index (Phi) is 6.23. The third kappa shape index (κ3) is 4.91. The predicted molar refractivity (Wildman–Crippen MR) is 61.5 cm³/mol. The van der Waals surface area contributed by atoms with Crippen molar-refractivity contribution in [2.45, 2.75) is 32.4 Å². The van der Waals surface area contributed by atoms with Gasteiger partial charge in [-0.25, -0.2) is 4.68 Å². The number of aromatic nitrogens is 3. The van der Waals surface area contributed by atoms with Gasteiger partial charge in [0.05, 0.1) is 18.8 Å². The maximum absolute atomic E-state index is 8.71. The Morgan fingerprint density at radius 1 is 1.50 bits per heavy atom. The van der Waals surface area contributed by atoms with Crippen LogP contribution in [0.15, 0.2) is 6.20 Å². The number of aliphatic hydroxyl groups excluding tert-OH is 1. The van der Waals surface area contributed by atoms with Crippen LogP contribution in [-0.4, -0.2) is 33.3 Å². The normalized spacial score (nSPS) is 10.2. The van der Waals surface area contributed by atoms with Gasteiger partial charge in [0.1, 0.15) is 0 Å². The summed E-state index contributed by atoms with van der Waals surface area (Å²) in [4.78, 5) is 0. The second-order valence-electron chi connectivity index (χ2n) is 3.53. The Morgan fingerprint density at radius 3 is 3.12 bits per heavy atom. The summed E-state index contributed by atoms with van der Waals surface area (Å²) in [5, 5.41) is 19.8. The highest BCUT2D eigenvalue weighted by Gasteiger charge is 1.99. The van der Waals surface area contributed by atoms with Crippen molar-refractivity contribution in [2.24, 2.45) is 0 Å². The fraction of sp³-hybridized carbons (Fsp3) is 0.636. The summed E-state index contributed by atoms with van der Waals surface area (Å²) >= 11 is 0. The van der Waals surface area contributed by atoms with Crippen molar-refractivity contribution in [2.75, 3.05) is 13.2 Å². The molecule has 0 unspecified atom stereocenters. The minimum atomic E-state index is 0.0856. The number of rotatable bonds is 8. The third-order valence-corrected chi connectivity index (χ3v) is 2.15. The molecule has 0 radical (unpaired) electrons. The molecule has 16 heavy (non-hydrogen) atoms. The molecule has 0 fully saturated rings. The highest BCUT2D eigenvalue weighted by molar-refractivity contribution is 4.91. The Balaban J connectivity index is 2.10. The molecule has 0 spiro atoms. The van der Waals surface area contributed by atoms with E-state index >= 15 is 0 Å². The zero-order valence-electron chi connectivity index (χ0n) is 9.39. The van der Waals surface area contributed by atoms with E-state index in [0.29, 0.717) is 13.1 Å². The highest BCUT2D eigenvalue weighted by Crippen LogP contribution is 1.94. The van der Waals surface area contributed by atoms with Crippen LogP contribution < -0.4 is 5.32 Å². The Hall–Kier alpha value is -1.38. The summed E-state index contributed by atoms with van der Waals surface area (Å²) in [6.45, 7) is 2.23. The first kappa shape index (κ1) is 12.7. The molecule has 0 amide bonds. The zero-order chi connectivity index (χ0) is 11.6. The smallest absolute Gasteiger partial charge is 0.0964 e. The van der Waals surface area contributed by atoms with Gasteiger partial charge >= 0.3 is 0 Å². The van der Waals surface area contributed by atoms with Gasteiger partial charge in [-0.3, -0.25) is 0 Å². The van der Waals surface area contributed by atoms with Gasteiger partial charge in [0.2, 0.25) is 0 Å². The van der Waals surface area contributed by atoms with Crippen molar-refractivity contribution in [1.29, 1.82) is 0 Å². The fourth-order valence-corrected chi connectivity index (χ4v) is 1.32. The maximum atomic E-state index is 8.71. The summed E-state index contributed by atoms with van der Waals surface area (Å²) in [7, 11) is 0. The molecule has 88 valence electrons. The molecule has 0 aromatic carbocycles. The van der Waals surface area contributed by atoms with Gasteiger partial charge < -0.3 is 10.4 Å². The third-order valence-electron chi connectivity index (χ3n) is 2.15. The molecular weight excluding hydrogens is 204 g/mol. The number of aliphatic hydroxyl groups is 1. The second-order valence-corrected chi connectivity index (χ2v) is 3.53. The molecule has 5 heteroatoms. The molecule has 0 aliphatic carbocycles. The largest absolute Gasteiger partial charge is 0.394 e. The first-order valence-corrected chi connectivity index (χ1v) is 5.51. The van der Waals surface area contributed by atoms with Crippen LogP contribution in [-0.2, 0) is 13.1 Å². The van der Waals surface area contributed by atoms with Crippen LogP contribution in [0.1, 0.15) is 25.0 Å². The lowest BCUT2D eigenvalue weighted by Crippen LogP contribution is -2.14. The average molecular weight is 222 g/mol. The van der Waals surface area contributed by atoms with Crippen LogP contribution in [0.4, 0.5) is 0 Å². The van der Waals surface area contributed by atoms with Gasteiger partial charge in [0, 0.05) is 19.2 Å². The van der Waals surface area contributed by atoms with E-state index in [2.05, 4.69) is 21.5 Å². The quantitative estimate of drug-likeness (QED) is 0.486. The van der Waals surface area contributed by atoms with Crippen molar-refractivity contribution in [1.82, 2.24) is 20.3 Å². The van der Waals surface area contributed by atoms with E-state index in [1.807, 2.05) is 6.20 Å². The Bertz CT molecular complexity index is 329.